The molecular formula is C18H20N6O. The molecule has 0 saturated carbocycles. The fourth-order valence-electron chi connectivity index (χ4n) is 3.36. The Bertz CT molecular complexity index is 883. The monoisotopic (exact) mass is 336 g/mol. The predicted molar refractivity (Wildman–Crippen MR) is 95.4 cm³/mol. The number of nitrogens with zero attached hydrogens (tertiary/aromatic N) is 4. The highest BCUT2D eigenvalue weighted by Gasteiger charge is 2.25. The van der Waals surface area contributed by atoms with Crippen molar-refractivity contribution in [2.45, 2.75) is 25.8 Å². The molecule has 1 saturated heterocycles. The van der Waals surface area contributed by atoms with Crippen LogP contribution in [0.2, 0.25) is 0 Å². The van der Waals surface area contributed by atoms with Crippen LogP contribution in [-0.2, 0) is 0 Å². The van der Waals surface area contributed by atoms with Crippen LogP contribution < -0.4 is 5.32 Å². The van der Waals surface area contributed by atoms with Crippen LogP contribution in [0.3, 0.4) is 0 Å². The van der Waals surface area contributed by atoms with Crippen LogP contribution in [0.25, 0.3) is 10.9 Å². The van der Waals surface area contributed by atoms with Gasteiger partial charge in [-0.2, -0.15) is 10.2 Å². The number of piperidine rings is 1. The van der Waals surface area contributed by atoms with Crippen LogP contribution >= 0.6 is 0 Å². The van der Waals surface area contributed by atoms with Crippen molar-refractivity contribution in [1.82, 2.24) is 25.3 Å². The van der Waals surface area contributed by atoms with Crippen molar-refractivity contribution < 1.29 is 4.79 Å². The number of H-pyrrole nitrogens is 1. The van der Waals surface area contributed by atoms with E-state index in [2.05, 4.69) is 25.7 Å². The molecule has 2 N–H and O–H groups in total. The summed E-state index contributed by atoms with van der Waals surface area (Å²) in [6.07, 6.45) is 5.20. The van der Waals surface area contributed by atoms with Crippen molar-refractivity contribution in [3.8, 4) is 0 Å². The van der Waals surface area contributed by atoms with Crippen molar-refractivity contribution in [2.75, 3.05) is 18.4 Å². The van der Waals surface area contributed by atoms with E-state index in [0.717, 1.165) is 48.2 Å². The van der Waals surface area contributed by atoms with E-state index in [9.17, 15) is 4.79 Å². The van der Waals surface area contributed by atoms with E-state index in [1.54, 1.807) is 12.4 Å². The first-order valence-electron chi connectivity index (χ1n) is 8.48. The molecule has 0 bridgehead atoms. The number of nitrogens with one attached hydrogen (secondary N) is 2. The lowest BCUT2D eigenvalue weighted by Gasteiger charge is -2.32. The third-order valence-electron chi connectivity index (χ3n) is 4.63. The maximum absolute atomic E-state index is 13.0. The second-order valence-corrected chi connectivity index (χ2v) is 6.47. The van der Waals surface area contributed by atoms with Gasteiger partial charge in [-0.25, -0.2) is 0 Å². The minimum Gasteiger partial charge on any atom is -0.366 e. The van der Waals surface area contributed by atoms with E-state index in [1.807, 2.05) is 36.1 Å². The van der Waals surface area contributed by atoms with Crippen LogP contribution in [0.15, 0.2) is 36.7 Å². The van der Waals surface area contributed by atoms with Crippen LogP contribution in [0.5, 0.6) is 0 Å². The van der Waals surface area contributed by atoms with Gasteiger partial charge in [0, 0.05) is 30.7 Å². The summed E-state index contributed by atoms with van der Waals surface area (Å²) in [6.45, 7) is 3.45. The molecule has 1 aliphatic heterocycles. The minimum absolute atomic E-state index is 0.0657. The standard InChI is InChI=1S/C18H20N6O/c1-12-9-13-11-20-23-17(13)15(10-12)18(25)24-7-4-14(5-8-24)21-16-3-2-6-19-22-16/h2-3,6,9-11,14H,4-5,7-8H2,1H3,(H,20,23)(H,21,22). The molecule has 2 aromatic heterocycles. The Morgan fingerprint density at radius 3 is 2.92 bits per heavy atom. The van der Waals surface area contributed by atoms with Crippen LogP contribution in [0.1, 0.15) is 28.8 Å². The summed E-state index contributed by atoms with van der Waals surface area (Å²) in [7, 11) is 0. The van der Waals surface area contributed by atoms with Crippen molar-refractivity contribution in [3.05, 3.63) is 47.8 Å². The number of hydrogen-bond acceptors (Lipinski definition) is 5. The van der Waals surface area contributed by atoms with Gasteiger partial charge in [0.2, 0.25) is 0 Å². The molecule has 1 amide bonds. The normalized spacial score (nSPS) is 15.5. The fourth-order valence-corrected chi connectivity index (χ4v) is 3.36. The van der Waals surface area contributed by atoms with Gasteiger partial charge in [0.05, 0.1) is 17.3 Å². The Labute approximate surface area is 145 Å². The van der Waals surface area contributed by atoms with Gasteiger partial charge in [-0.1, -0.05) is 0 Å². The highest BCUT2D eigenvalue weighted by molar-refractivity contribution is 6.05. The number of aromatic nitrogens is 4. The Morgan fingerprint density at radius 1 is 1.32 bits per heavy atom. The van der Waals surface area contributed by atoms with Crippen molar-refractivity contribution in [1.29, 1.82) is 0 Å². The Balaban J connectivity index is 1.45. The molecule has 0 atom stereocenters. The summed E-state index contributed by atoms with van der Waals surface area (Å²) in [4.78, 5) is 14.9. The van der Waals surface area contributed by atoms with E-state index in [0.29, 0.717) is 11.6 Å². The molecule has 0 spiro atoms. The van der Waals surface area contributed by atoms with Gasteiger partial charge >= 0.3 is 0 Å². The zero-order valence-electron chi connectivity index (χ0n) is 14.1. The molecule has 1 aromatic carbocycles. The molecule has 3 aromatic rings. The third kappa shape index (κ3) is 3.17. The maximum atomic E-state index is 13.0. The number of rotatable bonds is 3. The highest BCUT2D eigenvalue weighted by Crippen LogP contribution is 2.22. The third-order valence-corrected chi connectivity index (χ3v) is 4.63. The number of likely N-dealkylation sites (tertiary alicyclic amines) is 1. The summed E-state index contributed by atoms with van der Waals surface area (Å²) in [5.41, 5.74) is 2.58. The summed E-state index contributed by atoms with van der Waals surface area (Å²) in [6, 6.07) is 8.05. The molecule has 0 radical (unpaired) electrons. The molecule has 0 aliphatic carbocycles. The van der Waals surface area contributed by atoms with Gasteiger partial charge in [0.1, 0.15) is 5.82 Å². The second-order valence-electron chi connectivity index (χ2n) is 6.47. The SMILES string of the molecule is Cc1cc(C(=O)N2CCC(Nc3cccnn3)CC2)c2[nH]ncc2c1. The molecule has 1 aliphatic rings. The number of carbonyl (C=O) groups is 1. The highest BCUT2D eigenvalue weighted by atomic mass is 16.2. The maximum Gasteiger partial charge on any atom is 0.256 e. The van der Waals surface area contributed by atoms with Gasteiger partial charge in [0.15, 0.2) is 0 Å². The largest absolute Gasteiger partial charge is 0.366 e. The first-order valence-corrected chi connectivity index (χ1v) is 8.48. The molecule has 1 fully saturated rings. The number of aromatic amines is 1. The van der Waals surface area contributed by atoms with E-state index in [4.69, 9.17) is 0 Å². The first-order chi connectivity index (χ1) is 12.2. The number of anilines is 1. The number of hydrogen-bond donors (Lipinski definition) is 2. The lowest BCUT2D eigenvalue weighted by Crippen LogP contribution is -2.42. The lowest BCUT2D eigenvalue weighted by molar-refractivity contribution is 0.0720. The summed E-state index contributed by atoms with van der Waals surface area (Å²) in [5.74, 6) is 0.848. The first kappa shape index (κ1) is 15.6. The average molecular weight is 336 g/mol. The number of aryl methyl sites for hydroxylation is 1. The van der Waals surface area contributed by atoms with Gasteiger partial charge in [0.25, 0.3) is 5.91 Å². The number of amides is 1. The Morgan fingerprint density at radius 2 is 2.16 bits per heavy atom. The van der Waals surface area contributed by atoms with Gasteiger partial charge in [-0.15, -0.1) is 5.10 Å². The Kier molecular flexibility index (Phi) is 4.05. The smallest absolute Gasteiger partial charge is 0.256 e. The average Bonchev–Trinajstić information content (AvgIpc) is 3.10. The molecular weight excluding hydrogens is 316 g/mol. The van der Waals surface area contributed by atoms with Gasteiger partial charge in [-0.05, 0) is 49.6 Å². The van der Waals surface area contributed by atoms with Crippen molar-refractivity contribution in [3.63, 3.8) is 0 Å². The molecule has 25 heavy (non-hydrogen) atoms. The zero-order chi connectivity index (χ0) is 17.2. The molecule has 3 heterocycles. The summed E-state index contributed by atoms with van der Waals surface area (Å²) < 4.78 is 0. The van der Waals surface area contributed by atoms with Crippen LogP contribution in [0, 0.1) is 6.92 Å². The molecule has 7 heteroatoms. The topological polar surface area (TPSA) is 86.8 Å². The zero-order valence-corrected chi connectivity index (χ0v) is 14.1. The summed E-state index contributed by atoms with van der Waals surface area (Å²) >= 11 is 0. The molecule has 7 nitrogen and oxygen atoms in total. The quantitative estimate of drug-likeness (QED) is 0.767. The Hall–Kier alpha value is -2.96. The molecule has 128 valence electrons. The number of carbonyl (C=O) groups excluding carboxylic acids is 1. The van der Waals surface area contributed by atoms with Crippen molar-refractivity contribution in [2.24, 2.45) is 0 Å². The predicted octanol–water partition coefficient (Wildman–Crippen LogP) is 2.38. The van der Waals surface area contributed by atoms with E-state index < -0.39 is 0 Å². The van der Waals surface area contributed by atoms with E-state index in [1.165, 1.54) is 0 Å². The summed E-state index contributed by atoms with van der Waals surface area (Å²) in [5, 5.41) is 19.3. The van der Waals surface area contributed by atoms with Crippen LogP contribution in [-0.4, -0.2) is 50.3 Å². The van der Waals surface area contributed by atoms with E-state index >= 15 is 0 Å². The van der Waals surface area contributed by atoms with Crippen LogP contribution in [0.4, 0.5) is 5.82 Å². The lowest BCUT2D eigenvalue weighted by atomic mass is 10.0. The fraction of sp³-hybridized carbons (Fsp3) is 0.333. The number of fused-ring (bicyclic) bond motifs is 1. The van der Waals surface area contributed by atoms with Gasteiger partial charge in [-0.3, -0.25) is 9.89 Å². The minimum atomic E-state index is 0.0657. The molecule has 0 unspecified atom stereocenters. The molecule has 4 rings (SSSR count). The second kappa shape index (κ2) is 6.51. The number of benzene rings is 1. The van der Waals surface area contributed by atoms with Crippen molar-refractivity contribution >= 4 is 22.6 Å². The van der Waals surface area contributed by atoms with E-state index in [-0.39, 0.29) is 5.91 Å². The van der Waals surface area contributed by atoms with Gasteiger partial charge < -0.3 is 10.2 Å².